The van der Waals surface area contributed by atoms with Gasteiger partial charge in [0.2, 0.25) is 0 Å². The molecule has 0 aromatic heterocycles. The minimum Gasteiger partial charge on any atom is -0.484 e. The lowest BCUT2D eigenvalue weighted by Gasteiger charge is -2.45. The molecule has 0 bridgehead atoms. The average molecular weight is 709 g/mol. The highest BCUT2D eigenvalue weighted by Crippen LogP contribution is 2.53. The molecule has 292 valence electrons. The van der Waals surface area contributed by atoms with Gasteiger partial charge in [-0.25, -0.2) is 0 Å². The molecule has 51 heavy (non-hydrogen) atoms. The van der Waals surface area contributed by atoms with E-state index in [9.17, 15) is 15.3 Å². The van der Waals surface area contributed by atoms with Crippen molar-refractivity contribution in [1.82, 2.24) is 0 Å². The van der Waals surface area contributed by atoms with Crippen molar-refractivity contribution in [2.24, 2.45) is 5.41 Å². The van der Waals surface area contributed by atoms with Crippen LogP contribution in [0.1, 0.15) is 208 Å². The van der Waals surface area contributed by atoms with Crippen LogP contribution in [-0.2, 0) is 32.5 Å². The highest BCUT2D eigenvalue weighted by Gasteiger charge is 2.47. The Morgan fingerprint density at radius 3 is 0.941 bits per heavy atom. The van der Waals surface area contributed by atoms with Gasteiger partial charge in [-0.2, -0.15) is 0 Å². The molecule has 0 aliphatic heterocycles. The van der Waals surface area contributed by atoms with Crippen LogP contribution >= 0.6 is 0 Å². The Hall–Kier alpha value is -1.88. The van der Waals surface area contributed by atoms with Crippen molar-refractivity contribution >= 4 is 0 Å². The van der Waals surface area contributed by atoms with Crippen LogP contribution in [0, 0.1) is 5.41 Å². The molecule has 0 spiro atoms. The fraction of sp³-hybridized carbons (Fsp3) is 0.745. The summed E-state index contributed by atoms with van der Waals surface area (Å²) in [5.74, 6) is 0.826. The predicted molar refractivity (Wildman–Crippen MR) is 220 cm³/mol. The third-order valence-corrected chi connectivity index (χ3v) is 14.1. The lowest BCUT2D eigenvalue weighted by Crippen LogP contribution is -2.45. The smallest absolute Gasteiger partial charge is 0.137 e. The molecule has 4 heteroatoms. The van der Waals surface area contributed by atoms with Crippen LogP contribution in [0.4, 0.5) is 0 Å². The zero-order valence-corrected chi connectivity index (χ0v) is 36.5. The molecule has 2 aromatic carbocycles. The molecule has 1 unspecified atom stereocenters. The molecule has 2 rings (SSSR count). The number of ether oxygens (including phenoxy) is 1. The van der Waals surface area contributed by atoms with E-state index in [1.807, 2.05) is 0 Å². The highest BCUT2D eigenvalue weighted by atomic mass is 16.5. The number of hydrogen-bond donors (Lipinski definition) is 3. The van der Waals surface area contributed by atoms with E-state index in [0.717, 1.165) is 61.0 Å². The zero-order chi connectivity index (χ0) is 39.6. The van der Waals surface area contributed by atoms with Gasteiger partial charge in [0.05, 0.1) is 25.2 Å². The Bertz CT molecular complexity index is 1370. The lowest BCUT2D eigenvalue weighted by molar-refractivity contribution is -0.0763. The summed E-state index contributed by atoms with van der Waals surface area (Å²) < 4.78 is 7.71. The van der Waals surface area contributed by atoms with Gasteiger partial charge in [0.15, 0.2) is 0 Å². The maximum atomic E-state index is 11.3. The first-order valence-corrected chi connectivity index (χ1v) is 20.2. The van der Waals surface area contributed by atoms with Gasteiger partial charge < -0.3 is 20.1 Å². The molecular weight excluding hydrogens is 629 g/mol. The second-order valence-corrected chi connectivity index (χ2v) is 19.6. The van der Waals surface area contributed by atoms with Gasteiger partial charge >= 0.3 is 0 Å². The van der Waals surface area contributed by atoms with E-state index in [1.165, 1.54) is 22.3 Å². The molecule has 3 N–H and O–H groups in total. The van der Waals surface area contributed by atoms with Crippen LogP contribution < -0.4 is 4.74 Å². The summed E-state index contributed by atoms with van der Waals surface area (Å²) in [6, 6.07) is 9.50. The molecule has 2 aromatic rings. The first-order chi connectivity index (χ1) is 23.3. The van der Waals surface area contributed by atoms with Gasteiger partial charge in [-0.15, -0.1) is 0 Å². The van der Waals surface area contributed by atoms with E-state index in [0.29, 0.717) is 0 Å². The molecular formula is C47H80O4. The number of aliphatic hydroxyl groups is 3. The van der Waals surface area contributed by atoms with E-state index >= 15 is 0 Å². The summed E-state index contributed by atoms with van der Waals surface area (Å²) in [5, 5.41) is 34.0. The largest absolute Gasteiger partial charge is 0.484 e. The number of rotatable bonds is 19. The van der Waals surface area contributed by atoms with Crippen molar-refractivity contribution < 1.29 is 20.1 Å². The maximum Gasteiger partial charge on any atom is 0.137 e. The van der Waals surface area contributed by atoms with Crippen molar-refractivity contribution in [2.45, 2.75) is 202 Å². The van der Waals surface area contributed by atoms with Crippen molar-refractivity contribution in [3.05, 3.63) is 63.2 Å². The summed E-state index contributed by atoms with van der Waals surface area (Å²) in [6.07, 6.45) is 4.75. The third kappa shape index (κ3) is 8.92. The number of aliphatic hydroxyl groups excluding tert-OH is 3. The SMILES string of the molecule is CCC(C)(C)c1cc(C(C)(C)CC)c(OC(c2c(C(C)(C)CC)cc(C(C)(C)CC)cc2C(C)(C)CC)C(CO)(CO)CO)c(C(C)(C)CC)c1. The van der Waals surface area contributed by atoms with Gasteiger partial charge in [0.25, 0.3) is 0 Å². The van der Waals surface area contributed by atoms with E-state index in [4.69, 9.17) is 4.74 Å². The summed E-state index contributed by atoms with van der Waals surface area (Å²) in [7, 11) is 0. The van der Waals surface area contributed by atoms with E-state index < -0.39 is 31.3 Å². The van der Waals surface area contributed by atoms with Crippen LogP contribution in [-0.4, -0.2) is 35.1 Å². The minimum atomic E-state index is -1.36. The van der Waals surface area contributed by atoms with Gasteiger partial charge in [-0.3, -0.25) is 0 Å². The van der Waals surface area contributed by atoms with Crippen molar-refractivity contribution in [1.29, 1.82) is 0 Å². The van der Waals surface area contributed by atoms with Gasteiger partial charge in [-0.05, 0) is 93.3 Å². The van der Waals surface area contributed by atoms with E-state index in [2.05, 4.69) is 149 Å². The van der Waals surface area contributed by atoms with Crippen LogP contribution in [0.5, 0.6) is 5.75 Å². The molecule has 0 saturated heterocycles. The molecule has 0 aliphatic rings. The predicted octanol–water partition coefficient (Wildman–Crippen LogP) is 11.9. The van der Waals surface area contributed by atoms with Crippen molar-refractivity contribution in [3.8, 4) is 5.75 Å². The van der Waals surface area contributed by atoms with Crippen LogP contribution in [0.15, 0.2) is 24.3 Å². The Morgan fingerprint density at radius 2 is 0.686 bits per heavy atom. The first kappa shape index (κ1) is 45.3. The number of hydrogen-bond acceptors (Lipinski definition) is 4. The first-order valence-electron chi connectivity index (χ1n) is 20.2. The average Bonchev–Trinajstić information content (AvgIpc) is 3.10. The monoisotopic (exact) mass is 709 g/mol. The van der Waals surface area contributed by atoms with Crippen molar-refractivity contribution in [3.63, 3.8) is 0 Å². The molecule has 0 aliphatic carbocycles. The second-order valence-electron chi connectivity index (χ2n) is 19.6. The molecule has 4 nitrogen and oxygen atoms in total. The summed E-state index contributed by atoms with van der Waals surface area (Å²) in [5.41, 5.74) is 5.77. The fourth-order valence-corrected chi connectivity index (χ4v) is 6.78. The van der Waals surface area contributed by atoms with Crippen LogP contribution in [0.3, 0.4) is 0 Å². The van der Waals surface area contributed by atoms with Gasteiger partial charge in [-0.1, -0.05) is 149 Å². The lowest BCUT2D eigenvalue weighted by atomic mass is 9.65. The highest BCUT2D eigenvalue weighted by molar-refractivity contribution is 5.55. The quantitative estimate of drug-likeness (QED) is 0.136. The Balaban J connectivity index is 3.48. The topological polar surface area (TPSA) is 69.9 Å². The van der Waals surface area contributed by atoms with Crippen LogP contribution in [0.2, 0.25) is 0 Å². The van der Waals surface area contributed by atoms with Crippen molar-refractivity contribution in [2.75, 3.05) is 19.8 Å². The molecule has 0 heterocycles. The van der Waals surface area contributed by atoms with Gasteiger partial charge in [0, 0.05) is 16.7 Å². The second kappa shape index (κ2) is 16.2. The van der Waals surface area contributed by atoms with Gasteiger partial charge in [0.1, 0.15) is 11.9 Å². The summed E-state index contributed by atoms with van der Waals surface area (Å²) in [6.45, 7) is 39.8. The summed E-state index contributed by atoms with van der Waals surface area (Å²) >= 11 is 0. The minimum absolute atomic E-state index is 0.0430. The standard InChI is InChI=1S/C47H80O4/c1-19-41(7,8)32-25-34(43(11,12)21-3)38(35(26-32)44(13,14)22-4)40(47(29-48,30-49)31-50)51-39-36(45(15,16)23-5)27-33(42(9,10)20-2)28-37(39)46(17,18)24-6/h25-28,40,48-50H,19-24,29-31H2,1-18H3. The number of benzene rings is 2. The molecule has 0 fully saturated rings. The van der Waals surface area contributed by atoms with E-state index in [1.54, 1.807) is 0 Å². The fourth-order valence-electron chi connectivity index (χ4n) is 6.78. The Morgan fingerprint density at radius 1 is 0.431 bits per heavy atom. The maximum absolute atomic E-state index is 11.3. The molecule has 1 atom stereocenters. The molecule has 0 radical (unpaired) electrons. The third-order valence-electron chi connectivity index (χ3n) is 14.1. The van der Waals surface area contributed by atoms with E-state index in [-0.39, 0.29) is 32.5 Å². The van der Waals surface area contributed by atoms with Crippen LogP contribution in [0.25, 0.3) is 0 Å². The zero-order valence-electron chi connectivity index (χ0n) is 36.5. The Kier molecular flexibility index (Phi) is 14.4. The summed E-state index contributed by atoms with van der Waals surface area (Å²) in [4.78, 5) is 0. The molecule has 0 amide bonds. The molecule has 0 saturated carbocycles. The Labute approximate surface area is 315 Å². The normalized spacial score (nSPS) is 14.6.